The van der Waals surface area contributed by atoms with Crippen molar-refractivity contribution in [3.63, 3.8) is 0 Å². The zero-order valence-electron chi connectivity index (χ0n) is 12.4. The number of rotatable bonds is 2. The molecular weight excluding hydrogens is 461 g/mol. The average Bonchev–Trinajstić information content (AvgIpc) is 2.45. The standard InChI is InChI=1S/C14Cl2F10O2/c15-11(27)3-7(17)1-2(6(10(3)20)14(24,25)26)8(18)4(12(16)28)9(19)5(1)13(21,22)23. The number of alkyl halides is 6. The van der Waals surface area contributed by atoms with E-state index in [4.69, 9.17) is 23.2 Å². The van der Waals surface area contributed by atoms with Crippen LogP contribution in [0.5, 0.6) is 0 Å². The van der Waals surface area contributed by atoms with Gasteiger partial charge in [0.1, 0.15) is 33.9 Å². The van der Waals surface area contributed by atoms with Crippen molar-refractivity contribution < 1.29 is 53.5 Å². The highest BCUT2D eigenvalue weighted by molar-refractivity contribution is 6.68. The fourth-order valence-corrected chi connectivity index (χ4v) is 2.81. The summed E-state index contributed by atoms with van der Waals surface area (Å²) in [5, 5.41) is -9.59. The number of carbonyl (C=O) groups is 2. The van der Waals surface area contributed by atoms with Crippen LogP contribution in [0.3, 0.4) is 0 Å². The van der Waals surface area contributed by atoms with E-state index in [0.29, 0.717) is 0 Å². The van der Waals surface area contributed by atoms with Crippen molar-refractivity contribution in [1.29, 1.82) is 0 Å². The summed E-state index contributed by atoms with van der Waals surface area (Å²) < 4.78 is 136. The van der Waals surface area contributed by atoms with Crippen LogP contribution in [0.2, 0.25) is 0 Å². The Hall–Kier alpha value is -2.08. The van der Waals surface area contributed by atoms with E-state index in [-0.39, 0.29) is 0 Å². The largest absolute Gasteiger partial charge is 0.419 e. The molecule has 0 aromatic heterocycles. The van der Waals surface area contributed by atoms with Crippen LogP contribution in [-0.2, 0) is 12.4 Å². The molecule has 0 amide bonds. The second-order valence-electron chi connectivity index (χ2n) is 5.05. The molecule has 0 unspecified atom stereocenters. The smallest absolute Gasteiger partial charge is 0.275 e. The molecule has 0 N–H and O–H groups in total. The minimum atomic E-state index is -6.02. The topological polar surface area (TPSA) is 34.1 Å². The third kappa shape index (κ3) is 3.28. The molecule has 0 fully saturated rings. The van der Waals surface area contributed by atoms with Gasteiger partial charge in [-0.25, -0.2) is 17.6 Å². The first kappa shape index (κ1) is 22.2. The van der Waals surface area contributed by atoms with E-state index >= 15 is 0 Å². The maximum absolute atomic E-state index is 14.4. The Kier molecular flexibility index (Phi) is 5.36. The Morgan fingerprint density at radius 2 is 0.821 bits per heavy atom. The molecule has 2 aromatic carbocycles. The van der Waals surface area contributed by atoms with E-state index < -0.39 is 79.1 Å². The SMILES string of the molecule is O=C(Cl)c1c(F)c(C(F)(F)F)c2c(F)c(C(=O)Cl)c(F)c(C(F)(F)F)c2c1F. The summed E-state index contributed by atoms with van der Waals surface area (Å²) in [4.78, 5) is 22.2. The molecule has 0 atom stereocenters. The highest BCUT2D eigenvalue weighted by Gasteiger charge is 2.47. The Balaban J connectivity index is 3.48. The van der Waals surface area contributed by atoms with Crippen molar-refractivity contribution in [2.45, 2.75) is 12.4 Å². The molecule has 0 bridgehead atoms. The fourth-order valence-electron chi connectivity index (χ4n) is 2.48. The van der Waals surface area contributed by atoms with E-state index in [2.05, 4.69) is 0 Å². The van der Waals surface area contributed by atoms with Gasteiger partial charge in [0.15, 0.2) is 11.6 Å². The van der Waals surface area contributed by atoms with Crippen molar-refractivity contribution in [3.05, 3.63) is 45.5 Å². The second kappa shape index (κ2) is 6.76. The van der Waals surface area contributed by atoms with E-state index in [0.717, 1.165) is 0 Å². The molecule has 0 spiro atoms. The van der Waals surface area contributed by atoms with Gasteiger partial charge < -0.3 is 0 Å². The highest BCUT2D eigenvalue weighted by Crippen LogP contribution is 2.47. The summed E-state index contributed by atoms with van der Waals surface area (Å²) in [6.07, 6.45) is -12.0. The predicted octanol–water partition coefficient (Wildman–Crippen LogP) is 6.19. The van der Waals surface area contributed by atoms with Gasteiger partial charge in [-0.2, -0.15) is 26.3 Å². The molecule has 152 valence electrons. The molecule has 0 aliphatic heterocycles. The highest BCUT2D eigenvalue weighted by atomic mass is 35.5. The molecule has 0 aliphatic rings. The Bertz CT molecular complexity index is 957. The summed E-state index contributed by atoms with van der Waals surface area (Å²) >= 11 is 9.47. The fraction of sp³-hybridized carbons (Fsp3) is 0.143. The lowest BCUT2D eigenvalue weighted by molar-refractivity contribution is -0.141. The molecule has 2 nitrogen and oxygen atoms in total. The molecule has 28 heavy (non-hydrogen) atoms. The van der Waals surface area contributed by atoms with Crippen LogP contribution in [0.1, 0.15) is 31.8 Å². The molecule has 0 saturated heterocycles. The third-order valence-electron chi connectivity index (χ3n) is 3.47. The van der Waals surface area contributed by atoms with E-state index in [1.54, 1.807) is 0 Å². The van der Waals surface area contributed by atoms with Crippen LogP contribution >= 0.6 is 23.2 Å². The maximum atomic E-state index is 14.4. The van der Waals surface area contributed by atoms with Crippen LogP contribution in [0.4, 0.5) is 43.9 Å². The number of carbonyl (C=O) groups excluding carboxylic acids is 2. The normalized spacial score (nSPS) is 12.6. The molecule has 2 aromatic rings. The zero-order chi connectivity index (χ0) is 21.9. The van der Waals surface area contributed by atoms with Gasteiger partial charge in [0.25, 0.3) is 10.5 Å². The molecule has 0 saturated carbocycles. The first-order valence-electron chi connectivity index (χ1n) is 6.43. The van der Waals surface area contributed by atoms with Gasteiger partial charge in [0.2, 0.25) is 0 Å². The van der Waals surface area contributed by atoms with Crippen molar-refractivity contribution in [1.82, 2.24) is 0 Å². The molecular formula is C14Cl2F10O2. The van der Waals surface area contributed by atoms with Crippen molar-refractivity contribution in [2.75, 3.05) is 0 Å². The second-order valence-corrected chi connectivity index (χ2v) is 5.74. The van der Waals surface area contributed by atoms with Gasteiger partial charge in [-0.05, 0) is 23.2 Å². The number of hydrogen-bond acceptors (Lipinski definition) is 2. The Morgan fingerprint density at radius 1 is 0.571 bits per heavy atom. The summed E-state index contributed by atoms with van der Waals surface area (Å²) in [6, 6.07) is 0. The maximum Gasteiger partial charge on any atom is 0.419 e. The summed E-state index contributed by atoms with van der Waals surface area (Å²) in [7, 11) is 0. The van der Waals surface area contributed by atoms with Crippen molar-refractivity contribution in [2.24, 2.45) is 0 Å². The van der Waals surface area contributed by atoms with Gasteiger partial charge in [0, 0.05) is 10.8 Å². The van der Waals surface area contributed by atoms with Gasteiger partial charge in [0.05, 0.1) is 0 Å². The van der Waals surface area contributed by atoms with E-state index in [1.165, 1.54) is 0 Å². The first-order valence-corrected chi connectivity index (χ1v) is 7.18. The number of hydrogen-bond donors (Lipinski definition) is 0. The molecule has 0 heterocycles. The first-order chi connectivity index (χ1) is 12.5. The third-order valence-corrected chi connectivity index (χ3v) is 3.84. The van der Waals surface area contributed by atoms with E-state index in [1.807, 2.05) is 0 Å². The van der Waals surface area contributed by atoms with Crippen LogP contribution in [-0.4, -0.2) is 10.5 Å². The van der Waals surface area contributed by atoms with Crippen LogP contribution < -0.4 is 0 Å². The van der Waals surface area contributed by atoms with Crippen molar-refractivity contribution in [3.8, 4) is 0 Å². The molecule has 2 rings (SSSR count). The molecule has 14 heteroatoms. The van der Waals surface area contributed by atoms with Gasteiger partial charge >= 0.3 is 12.4 Å². The minimum Gasteiger partial charge on any atom is -0.275 e. The zero-order valence-corrected chi connectivity index (χ0v) is 13.9. The Labute approximate surface area is 156 Å². The lowest BCUT2D eigenvalue weighted by Gasteiger charge is -2.20. The monoisotopic (exact) mass is 460 g/mol. The van der Waals surface area contributed by atoms with Crippen LogP contribution in [0.25, 0.3) is 10.8 Å². The van der Waals surface area contributed by atoms with Gasteiger partial charge in [-0.1, -0.05) is 0 Å². The summed E-state index contributed by atoms with van der Waals surface area (Å²) in [6.45, 7) is 0. The molecule has 0 radical (unpaired) electrons. The molecule has 0 aliphatic carbocycles. The van der Waals surface area contributed by atoms with Gasteiger partial charge in [-0.15, -0.1) is 0 Å². The lowest BCUT2D eigenvalue weighted by atomic mass is 9.92. The van der Waals surface area contributed by atoms with Crippen LogP contribution in [0, 0.1) is 23.3 Å². The number of benzene rings is 2. The Morgan fingerprint density at radius 3 is 1.00 bits per heavy atom. The quantitative estimate of drug-likeness (QED) is 0.395. The van der Waals surface area contributed by atoms with Crippen LogP contribution in [0.15, 0.2) is 0 Å². The summed E-state index contributed by atoms with van der Waals surface area (Å²) in [5.74, 6) is -11.1. The number of halogens is 12. The minimum absolute atomic E-state index is 2.31. The van der Waals surface area contributed by atoms with Gasteiger partial charge in [-0.3, -0.25) is 9.59 Å². The average molecular weight is 461 g/mol. The van der Waals surface area contributed by atoms with Crippen molar-refractivity contribution >= 4 is 44.5 Å². The predicted molar refractivity (Wildman–Crippen MR) is 74.2 cm³/mol. The summed E-state index contributed by atoms with van der Waals surface area (Å²) in [5.41, 5.74) is -10.5. The lowest BCUT2D eigenvalue weighted by Crippen LogP contribution is -2.21. The number of fused-ring (bicyclic) bond motifs is 1. The van der Waals surface area contributed by atoms with E-state index in [9.17, 15) is 53.5 Å².